The monoisotopic (exact) mass is 371 g/mol. The average Bonchev–Trinajstić information content (AvgIpc) is 3.32. The summed E-state index contributed by atoms with van der Waals surface area (Å²) in [6.07, 6.45) is 8.09. The van der Waals surface area contributed by atoms with Crippen LogP contribution in [-0.2, 0) is 4.79 Å². The summed E-state index contributed by atoms with van der Waals surface area (Å²) in [4.78, 5) is 15.1. The van der Waals surface area contributed by atoms with E-state index in [9.17, 15) is 4.79 Å². The number of amides is 1. The van der Waals surface area contributed by atoms with Gasteiger partial charge in [-0.3, -0.25) is 9.69 Å². The quantitative estimate of drug-likeness (QED) is 0.774. The number of hydrogen-bond acceptors (Lipinski definition) is 4. The van der Waals surface area contributed by atoms with E-state index in [2.05, 4.69) is 27.7 Å². The molecule has 1 aromatic carbocycles. The zero-order chi connectivity index (χ0) is 18.6. The highest BCUT2D eigenvalue weighted by atomic mass is 16.5. The number of fused-ring (bicyclic) bond motifs is 2. The zero-order valence-electron chi connectivity index (χ0n) is 16.5. The molecule has 3 heterocycles. The van der Waals surface area contributed by atoms with Crippen molar-refractivity contribution in [1.29, 1.82) is 0 Å². The lowest BCUT2D eigenvalue weighted by molar-refractivity contribution is -0.122. The average molecular weight is 372 g/mol. The van der Waals surface area contributed by atoms with Gasteiger partial charge in [0.1, 0.15) is 5.75 Å². The third kappa shape index (κ3) is 4.64. The molecule has 3 aliphatic rings. The van der Waals surface area contributed by atoms with Crippen LogP contribution in [0.4, 0.5) is 0 Å². The van der Waals surface area contributed by atoms with E-state index in [-0.39, 0.29) is 11.9 Å². The number of piperidine rings is 1. The van der Waals surface area contributed by atoms with Gasteiger partial charge < -0.3 is 15.4 Å². The van der Waals surface area contributed by atoms with Gasteiger partial charge in [-0.25, -0.2) is 0 Å². The Morgan fingerprint density at radius 2 is 1.85 bits per heavy atom. The molecule has 0 saturated carbocycles. The number of nitrogens with one attached hydrogen (secondary N) is 2. The van der Waals surface area contributed by atoms with Crippen LogP contribution in [0.1, 0.15) is 56.6 Å². The molecule has 3 atom stereocenters. The first kappa shape index (κ1) is 18.8. The van der Waals surface area contributed by atoms with Crippen molar-refractivity contribution in [1.82, 2.24) is 15.5 Å². The minimum Gasteiger partial charge on any atom is -0.497 e. The van der Waals surface area contributed by atoms with Crippen LogP contribution >= 0.6 is 0 Å². The lowest BCUT2D eigenvalue weighted by Gasteiger charge is -2.30. The van der Waals surface area contributed by atoms with Gasteiger partial charge in [0.05, 0.1) is 13.2 Å². The van der Waals surface area contributed by atoms with Crippen molar-refractivity contribution in [2.45, 2.75) is 63.1 Å². The Bertz CT molecular complexity index is 615. The number of rotatable bonds is 7. The van der Waals surface area contributed by atoms with E-state index in [4.69, 9.17) is 4.74 Å². The van der Waals surface area contributed by atoms with Crippen molar-refractivity contribution < 1.29 is 9.53 Å². The van der Waals surface area contributed by atoms with Gasteiger partial charge in [-0.2, -0.15) is 0 Å². The fourth-order valence-corrected chi connectivity index (χ4v) is 5.22. The largest absolute Gasteiger partial charge is 0.497 e. The fourth-order valence-electron chi connectivity index (χ4n) is 5.22. The Hall–Kier alpha value is -1.59. The third-order valence-electron chi connectivity index (χ3n) is 6.62. The van der Waals surface area contributed by atoms with Gasteiger partial charge in [-0.05, 0) is 75.2 Å². The Labute approximate surface area is 162 Å². The van der Waals surface area contributed by atoms with Gasteiger partial charge >= 0.3 is 0 Å². The number of benzene rings is 1. The number of methoxy groups -OCH3 is 1. The number of ether oxygens (including phenoxy) is 1. The number of likely N-dealkylation sites (tertiary alicyclic amines) is 1. The first-order valence-corrected chi connectivity index (χ1v) is 10.6. The third-order valence-corrected chi connectivity index (χ3v) is 6.62. The van der Waals surface area contributed by atoms with Crippen molar-refractivity contribution in [3.63, 3.8) is 0 Å². The van der Waals surface area contributed by atoms with Crippen LogP contribution in [0.5, 0.6) is 5.75 Å². The van der Waals surface area contributed by atoms with Gasteiger partial charge in [-0.15, -0.1) is 0 Å². The SMILES string of the molecule is COc1ccc(C(CNC(=O)CC2CC3CCC(C2)N3)N2CCCC2)cc1. The van der Waals surface area contributed by atoms with E-state index in [1.54, 1.807) is 7.11 Å². The molecule has 27 heavy (non-hydrogen) atoms. The summed E-state index contributed by atoms with van der Waals surface area (Å²) < 4.78 is 5.29. The standard InChI is InChI=1S/C22H33N3O2/c1-27-20-8-4-17(5-9-20)21(25-10-2-3-11-25)15-23-22(26)14-16-12-18-6-7-19(13-16)24-18/h4-5,8-9,16,18-19,21,24H,2-3,6-7,10-15H2,1H3,(H,23,26). The van der Waals surface area contributed by atoms with E-state index in [1.807, 2.05) is 12.1 Å². The van der Waals surface area contributed by atoms with Crippen LogP contribution in [0.25, 0.3) is 0 Å². The molecule has 4 rings (SSSR count). The van der Waals surface area contributed by atoms with Crippen LogP contribution in [0.2, 0.25) is 0 Å². The second kappa shape index (κ2) is 8.61. The predicted octanol–water partition coefficient (Wildman–Crippen LogP) is 2.87. The zero-order valence-corrected chi connectivity index (χ0v) is 16.5. The summed E-state index contributed by atoms with van der Waals surface area (Å²) in [7, 11) is 1.69. The Morgan fingerprint density at radius 3 is 2.48 bits per heavy atom. The molecule has 0 radical (unpaired) electrons. The van der Waals surface area contributed by atoms with Crippen LogP contribution in [0.15, 0.2) is 24.3 Å². The molecule has 0 spiro atoms. The van der Waals surface area contributed by atoms with Crippen LogP contribution in [-0.4, -0.2) is 49.6 Å². The summed E-state index contributed by atoms with van der Waals surface area (Å²) >= 11 is 0. The fraction of sp³-hybridized carbons (Fsp3) is 0.682. The van der Waals surface area contributed by atoms with E-state index in [1.165, 1.54) is 31.2 Å². The molecule has 1 amide bonds. The number of nitrogens with zero attached hydrogens (tertiary/aromatic N) is 1. The summed E-state index contributed by atoms with van der Waals surface area (Å²) in [5.74, 6) is 1.65. The van der Waals surface area contributed by atoms with Crippen LogP contribution in [0, 0.1) is 5.92 Å². The Morgan fingerprint density at radius 1 is 1.19 bits per heavy atom. The van der Waals surface area contributed by atoms with Crippen LogP contribution < -0.4 is 15.4 Å². The first-order chi connectivity index (χ1) is 13.2. The molecule has 5 heteroatoms. The maximum Gasteiger partial charge on any atom is 0.220 e. The van der Waals surface area contributed by atoms with E-state index in [0.29, 0.717) is 31.0 Å². The second-order valence-corrected chi connectivity index (χ2v) is 8.52. The van der Waals surface area contributed by atoms with Gasteiger partial charge in [0.2, 0.25) is 5.91 Å². The summed E-state index contributed by atoms with van der Waals surface area (Å²) in [6.45, 7) is 2.93. The molecule has 1 aromatic rings. The van der Waals surface area contributed by atoms with Crippen molar-refractivity contribution in [3.8, 4) is 5.75 Å². The van der Waals surface area contributed by atoms with E-state index >= 15 is 0 Å². The summed E-state index contributed by atoms with van der Waals surface area (Å²) in [6, 6.07) is 9.87. The number of carbonyl (C=O) groups excluding carboxylic acids is 1. The smallest absolute Gasteiger partial charge is 0.220 e. The molecule has 3 saturated heterocycles. The lowest BCUT2D eigenvalue weighted by atomic mass is 9.89. The van der Waals surface area contributed by atoms with Crippen molar-refractivity contribution >= 4 is 5.91 Å². The number of hydrogen-bond donors (Lipinski definition) is 2. The van der Waals surface area contributed by atoms with Crippen molar-refractivity contribution in [3.05, 3.63) is 29.8 Å². The van der Waals surface area contributed by atoms with E-state index in [0.717, 1.165) is 31.7 Å². The normalized spacial score (nSPS) is 28.9. The van der Waals surface area contributed by atoms with E-state index < -0.39 is 0 Å². The predicted molar refractivity (Wildman–Crippen MR) is 107 cm³/mol. The Kier molecular flexibility index (Phi) is 5.98. The minimum absolute atomic E-state index is 0.221. The highest BCUT2D eigenvalue weighted by Gasteiger charge is 2.34. The van der Waals surface area contributed by atoms with Gasteiger partial charge in [0.15, 0.2) is 0 Å². The van der Waals surface area contributed by atoms with Crippen molar-refractivity contribution in [2.24, 2.45) is 5.92 Å². The molecule has 3 unspecified atom stereocenters. The molecule has 3 aliphatic heterocycles. The molecule has 0 aromatic heterocycles. The van der Waals surface area contributed by atoms with Crippen LogP contribution in [0.3, 0.4) is 0 Å². The second-order valence-electron chi connectivity index (χ2n) is 8.52. The van der Waals surface area contributed by atoms with Gasteiger partial charge in [0.25, 0.3) is 0 Å². The molecule has 3 fully saturated rings. The first-order valence-electron chi connectivity index (χ1n) is 10.6. The molecule has 2 N–H and O–H groups in total. The highest BCUT2D eigenvalue weighted by molar-refractivity contribution is 5.76. The number of carbonyl (C=O) groups is 1. The maximum absolute atomic E-state index is 12.6. The molecule has 2 bridgehead atoms. The van der Waals surface area contributed by atoms with Gasteiger partial charge in [0, 0.05) is 25.0 Å². The maximum atomic E-state index is 12.6. The van der Waals surface area contributed by atoms with Crippen molar-refractivity contribution in [2.75, 3.05) is 26.7 Å². The van der Waals surface area contributed by atoms with Gasteiger partial charge in [-0.1, -0.05) is 12.1 Å². The minimum atomic E-state index is 0.221. The molecule has 0 aliphatic carbocycles. The summed E-state index contributed by atoms with van der Waals surface area (Å²) in [5.41, 5.74) is 1.26. The molecular formula is C22H33N3O2. The molecule has 148 valence electrons. The Balaban J connectivity index is 1.34. The highest BCUT2D eigenvalue weighted by Crippen LogP contribution is 2.32. The summed E-state index contributed by atoms with van der Waals surface area (Å²) in [5, 5.41) is 6.91. The topological polar surface area (TPSA) is 53.6 Å². The lowest BCUT2D eigenvalue weighted by Crippen LogP contribution is -2.41. The molecular weight excluding hydrogens is 338 g/mol. The molecule has 5 nitrogen and oxygen atoms in total.